The Morgan fingerprint density at radius 2 is 0.429 bits per heavy atom. The highest BCUT2D eigenvalue weighted by Gasteiger charge is 2.17. The fourth-order valence-corrected chi connectivity index (χ4v) is 13.6. The van der Waals surface area contributed by atoms with Crippen molar-refractivity contribution in [2.75, 3.05) is 46.2 Å². The van der Waals surface area contributed by atoms with E-state index in [1.165, 1.54) is 109 Å². The van der Waals surface area contributed by atoms with Gasteiger partial charge in [-0.15, -0.1) is 0 Å². The maximum atomic E-state index is 11.4. The number of fused-ring (bicyclic) bond motifs is 10. The first-order valence-electron chi connectivity index (χ1n) is 41.0. The molecule has 10 heteroatoms. The third-order valence-electron chi connectivity index (χ3n) is 19.6. The molecular formula is C95H125N5O5. The summed E-state index contributed by atoms with van der Waals surface area (Å²) >= 11 is 0. The van der Waals surface area contributed by atoms with E-state index in [1.54, 1.807) is 0 Å². The summed E-state index contributed by atoms with van der Waals surface area (Å²) in [6.45, 7) is 15.6. The molecule has 0 saturated heterocycles. The molecule has 1 aliphatic rings. The molecule has 0 spiro atoms. The van der Waals surface area contributed by atoms with Crippen LogP contribution in [0.15, 0.2) is 91.0 Å². The van der Waals surface area contributed by atoms with Gasteiger partial charge in [-0.3, -0.25) is 0 Å². The Kier molecular flexibility index (Phi) is 43.4. The molecule has 0 aliphatic heterocycles. The SMILES string of the molecule is CCCCCCCCCCOc1cc2cc(c1)/C(C#N)=C/c1cc(OCCCCCCCCCC)cc(c1)/C(C#N)=C/c1cc(OCCCCCCCCCC)cc(c1)/C(C#N)=C/c1cc(CCCCCOCCCCC)cc(c1)/C(C#N)=C/c1cc(CCCCCOCCCCC)cc(c1)/C(C#N)=C/2. The Morgan fingerprint density at radius 3 is 0.695 bits per heavy atom. The van der Waals surface area contributed by atoms with Gasteiger partial charge in [0, 0.05) is 26.4 Å². The highest BCUT2D eigenvalue weighted by atomic mass is 16.5. The quantitative estimate of drug-likeness (QED) is 0.0342. The van der Waals surface area contributed by atoms with Gasteiger partial charge in [-0.2, -0.15) is 26.3 Å². The molecule has 0 saturated carbocycles. The van der Waals surface area contributed by atoms with Gasteiger partial charge in [0.25, 0.3) is 0 Å². The number of nitrogens with zero attached hydrogens (tertiary/aromatic N) is 5. The van der Waals surface area contributed by atoms with Crippen LogP contribution in [0.25, 0.3) is 58.2 Å². The minimum Gasteiger partial charge on any atom is -0.494 e. The average Bonchev–Trinajstić information content (AvgIpc) is 0.890. The number of unbranched alkanes of at least 4 members (excludes halogenated alkanes) is 29. The second-order valence-electron chi connectivity index (χ2n) is 28.9. The second-order valence-corrected chi connectivity index (χ2v) is 28.9. The Labute approximate surface area is 634 Å². The molecule has 0 heterocycles. The van der Waals surface area contributed by atoms with Gasteiger partial charge in [-0.25, -0.2) is 0 Å². The number of benzene rings is 5. The predicted molar refractivity (Wildman–Crippen MR) is 440 cm³/mol. The zero-order valence-corrected chi connectivity index (χ0v) is 65.1. The predicted octanol–water partition coefficient (Wildman–Crippen LogP) is 26.7. The van der Waals surface area contributed by atoms with Crippen LogP contribution < -0.4 is 14.2 Å². The van der Waals surface area contributed by atoms with Gasteiger partial charge in [-0.1, -0.05) is 232 Å². The first-order chi connectivity index (χ1) is 51.7. The van der Waals surface area contributed by atoms with Gasteiger partial charge in [0.2, 0.25) is 0 Å². The Bertz CT molecular complexity index is 3190. The number of ether oxygens (including phenoxy) is 5. The summed E-state index contributed by atoms with van der Waals surface area (Å²) in [5.41, 5.74) is 10.9. The van der Waals surface area contributed by atoms with Gasteiger partial charge in [0.15, 0.2) is 0 Å². The van der Waals surface area contributed by atoms with Crippen LogP contribution >= 0.6 is 0 Å². The second kappa shape index (κ2) is 53.4. The number of aryl methyl sites for hydroxylation is 2. The molecule has 5 aromatic carbocycles. The van der Waals surface area contributed by atoms with Crippen LogP contribution in [0.4, 0.5) is 0 Å². The lowest BCUT2D eigenvalue weighted by molar-refractivity contribution is 0.126. The van der Waals surface area contributed by atoms with Gasteiger partial charge < -0.3 is 23.7 Å². The minimum atomic E-state index is 0.360. The van der Waals surface area contributed by atoms with Crippen LogP contribution in [0, 0.1) is 56.7 Å². The lowest BCUT2D eigenvalue weighted by atomic mass is 9.92. The number of rotatable bonds is 50. The summed E-state index contributed by atoms with van der Waals surface area (Å²) in [7, 11) is 0. The highest BCUT2D eigenvalue weighted by molar-refractivity contribution is 5.98. The van der Waals surface area contributed by atoms with E-state index in [-0.39, 0.29) is 0 Å². The van der Waals surface area contributed by atoms with Crippen molar-refractivity contribution < 1.29 is 23.7 Å². The maximum absolute atomic E-state index is 11.4. The van der Waals surface area contributed by atoms with Crippen molar-refractivity contribution in [3.8, 4) is 47.6 Å². The fourth-order valence-electron chi connectivity index (χ4n) is 13.6. The molecular weight excluding hydrogens is 1290 g/mol. The van der Waals surface area contributed by atoms with Crippen molar-refractivity contribution in [3.63, 3.8) is 0 Å². The Hall–Kier alpha value is -8.43. The zero-order chi connectivity index (χ0) is 74.6. The van der Waals surface area contributed by atoms with E-state index in [0.717, 1.165) is 189 Å². The summed E-state index contributed by atoms with van der Waals surface area (Å²) in [5, 5.41) is 56.8. The number of nitriles is 5. The topological polar surface area (TPSA) is 165 Å². The number of hydrogen-bond donors (Lipinski definition) is 0. The maximum Gasteiger partial charge on any atom is 0.120 e. The molecule has 0 amide bonds. The first kappa shape index (κ1) is 85.5. The van der Waals surface area contributed by atoms with E-state index >= 15 is 0 Å². The summed E-state index contributed by atoms with van der Waals surface area (Å²) in [6, 6.07) is 42.7. The van der Waals surface area contributed by atoms with E-state index in [4.69, 9.17) is 23.7 Å². The summed E-state index contributed by atoms with van der Waals surface area (Å²) in [5.74, 6) is 1.76. The lowest BCUT2D eigenvalue weighted by Gasteiger charge is -2.13. The lowest BCUT2D eigenvalue weighted by Crippen LogP contribution is -2.00. The molecule has 0 atom stereocenters. The van der Waals surface area contributed by atoms with E-state index in [0.29, 0.717) is 104 Å². The summed E-state index contributed by atoms with van der Waals surface area (Å²) in [4.78, 5) is 0. The molecule has 560 valence electrons. The smallest absolute Gasteiger partial charge is 0.120 e. The highest BCUT2D eigenvalue weighted by Crippen LogP contribution is 2.35. The Morgan fingerprint density at radius 1 is 0.219 bits per heavy atom. The molecule has 0 N–H and O–H groups in total. The van der Waals surface area contributed by atoms with Crippen LogP contribution in [-0.4, -0.2) is 46.2 Å². The van der Waals surface area contributed by atoms with Crippen molar-refractivity contribution in [1.82, 2.24) is 0 Å². The number of allylic oxidation sites excluding steroid dienone is 5. The zero-order valence-electron chi connectivity index (χ0n) is 65.1. The van der Waals surface area contributed by atoms with Gasteiger partial charge in [0.1, 0.15) is 17.2 Å². The van der Waals surface area contributed by atoms with E-state index < -0.39 is 0 Å². The molecule has 0 radical (unpaired) electrons. The molecule has 0 aromatic heterocycles. The first-order valence-corrected chi connectivity index (χ1v) is 41.0. The molecule has 0 fully saturated rings. The summed E-state index contributed by atoms with van der Waals surface area (Å²) < 4.78 is 31.9. The fraction of sp³-hybridized carbons (Fsp3) is 0.526. The molecule has 1 aliphatic carbocycles. The molecule has 10 nitrogen and oxygen atoms in total. The molecule has 0 unspecified atom stereocenters. The molecule has 10 bridgehead atoms. The molecule has 5 aromatic rings. The monoisotopic (exact) mass is 1420 g/mol. The van der Waals surface area contributed by atoms with Crippen LogP contribution in [0.3, 0.4) is 0 Å². The van der Waals surface area contributed by atoms with Gasteiger partial charge >= 0.3 is 0 Å². The van der Waals surface area contributed by atoms with Crippen LogP contribution in [0.2, 0.25) is 0 Å². The van der Waals surface area contributed by atoms with Crippen LogP contribution in [0.5, 0.6) is 17.2 Å². The van der Waals surface area contributed by atoms with Crippen molar-refractivity contribution in [1.29, 1.82) is 26.3 Å². The largest absolute Gasteiger partial charge is 0.494 e. The summed E-state index contributed by atoms with van der Waals surface area (Å²) in [6.07, 6.45) is 51.2. The standard InChI is InChI=1S/C95H125N5O5/c1-6-11-16-19-22-25-28-39-48-103-93-65-80-57-86(69-93)91(74-99)64-82-59-87(70-95(67-82)105-50-41-30-27-24-21-18-13-8-3)92(75-100)63-81-58-85(68-94(66-81)104-49-40-29-26-23-20-17-12-7-2)90(73-98)61-79-52-77(43-34-32-38-47-102-45-36-15-10-5)53-83(56-79)88(71-96)60-78-51-76(54-84(55-78)89(62-80)72-97)42-33-31-37-46-101-44-35-14-9-4/h51-70H,6-50H2,1-5H3/b88-60+,89-62+,90-61+,91-64+,92-63+. The minimum absolute atomic E-state index is 0.360. The van der Waals surface area contributed by atoms with E-state index in [9.17, 15) is 26.3 Å². The van der Waals surface area contributed by atoms with Crippen molar-refractivity contribution in [2.45, 2.75) is 279 Å². The molecule has 6 rings (SSSR count). The number of hydrogen-bond acceptors (Lipinski definition) is 10. The van der Waals surface area contributed by atoms with Gasteiger partial charge in [0.05, 0.1) is 78.0 Å². The Balaban J connectivity index is 1.57. The average molecular weight is 1420 g/mol. The van der Waals surface area contributed by atoms with Crippen LogP contribution in [0.1, 0.15) is 333 Å². The van der Waals surface area contributed by atoms with Crippen molar-refractivity contribution in [3.05, 3.63) is 158 Å². The van der Waals surface area contributed by atoms with Crippen molar-refractivity contribution >= 4 is 58.2 Å². The molecule has 105 heavy (non-hydrogen) atoms. The third-order valence-corrected chi connectivity index (χ3v) is 19.6. The van der Waals surface area contributed by atoms with E-state index in [1.807, 2.05) is 97.1 Å². The normalized spacial score (nSPS) is 14.6. The van der Waals surface area contributed by atoms with Gasteiger partial charge in [-0.05, 0) is 235 Å². The van der Waals surface area contributed by atoms with Crippen LogP contribution in [-0.2, 0) is 22.3 Å². The van der Waals surface area contributed by atoms with Crippen molar-refractivity contribution in [2.24, 2.45) is 0 Å². The van der Waals surface area contributed by atoms with E-state index in [2.05, 4.69) is 89.2 Å². The third kappa shape index (κ3) is 34.1.